The summed E-state index contributed by atoms with van der Waals surface area (Å²) in [6.45, 7) is 3.22. The lowest BCUT2D eigenvalue weighted by molar-refractivity contribution is -0.133. The molecule has 0 saturated carbocycles. The number of thiazole rings is 1. The largest absolute Gasteiger partial charge is 0.340 e. The van der Waals surface area contributed by atoms with E-state index in [1.54, 1.807) is 30.5 Å². The van der Waals surface area contributed by atoms with E-state index in [1.165, 1.54) is 10.7 Å². The summed E-state index contributed by atoms with van der Waals surface area (Å²) in [5.41, 5.74) is 0.485. The molecule has 3 rings (SSSR count). The minimum absolute atomic E-state index is 0.00506. The maximum Gasteiger partial charge on any atom is 0.267 e. The van der Waals surface area contributed by atoms with Gasteiger partial charge in [0.15, 0.2) is 0 Å². The van der Waals surface area contributed by atoms with Crippen LogP contribution in [-0.2, 0) is 11.3 Å². The van der Waals surface area contributed by atoms with Crippen LogP contribution in [0.3, 0.4) is 0 Å². The smallest absolute Gasteiger partial charge is 0.267 e. The second-order valence-corrected chi connectivity index (χ2v) is 6.45. The van der Waals surface area contributed by atoms with E-state index < -0.39 is 0 Å². The molecule has 22 heavy (non-hydrogen) atoms. The lowest BCUT2D eigenvalue weighted by Gasteiger charge is -2.31. The van der Waals surface area contributed by atoms with E-state index in [-0.39, 0.29) is 18.0 Å². The Morgan fingerprint density at radius 1 is 1.45 bits per heavy atom. The van der Waals surface area contributed by atoms with Gasteiger partial charge in [-0.1, -0.05) is 0 Å². The van der Waals surface area contributed by atoms with Crippen molar-refractivity contribution in [3.63, 3.8) is 0 Å². The van der Waals surface area contributed by atoms with Crippen molar-refractivity contribution in [3.05, 3.63) is 44.8 Å². The van der Waals surface area contributed by atoms with Crippen LogP contribution in [0, 0.1) is 6.92 Å². The first-order valence-electron chi connectivity index (χ1n) is 7.35. The minimum atomic E-state index is -0.243. The molecule has 1 amide bonds. The number of carbonyl (C=O) groups excluding carboxylic acids is 1. The Morgan fingerprint density at radius 3 is 3.09 bits per heavy atom. The third-order valence-electron chi connectivity index (χ3n) is 3.86. The summed E-state index contributed by atoms with van der Waals surface area (Å²) >= 11 is 1.63. The lowest BCUT2D eigenvalue weighted by Crippen LogP contribution is -2.42. The maximum atomic E-state index is 12.5. The number of likely N-dealkylation sites (tertiary alicyclic amines) is 1. The summed E-state index contributed by atoms with van der Waals surface area (Å²) in [5.74, 6) is 0.251. The predicted molar refractivity (Wildman–Crippen MR) is 83.9 cm³/mol. The normalized spacial score (nSPS) is 18.4. The predicted octanol–water partition coefficient (Wildman–Crippen LogP) is 1.41. The summed E-state index contributed by atoms with van der Waals surface area (Å²) in [7, 11) is 0. The number of piperidine rings is 1. The highest BCUT2D eigenvalue weighted by Crippen LogP contribution is 2.28. The molecule has 1 saturated heterocycles. The quantitative estimate of drug-likeness (QED) is 0.858. The van der Waals surface area contributed by atoms with Crippen molar-refractivity contribution in [2.45, 2.75) is 32.2 Å². The van der Waals surface area contributed by atoms with Gasteiger partial charge in [-0.3, -0.25) is 9.59 Å². The van der Waals surface area contributed by atoms with Crippen molar-refractivity contribution in [1.82, 2.24) is 19.7 Å². The van der Waals surface area contributed by atoms with Gasteiger partial charge in [0.1, 0.15) is 6.54 Å². The van der Waals surface area contributed by atoms with Gasteiger partial charge in [0.2, 0.25) is 5.91 Å². The molecule has 1 atom stereocenters. The first kappa shape index (κ1) is 14.9. The fraction of sp³-hybridized carbons (Fsp3) is 0.467. The lowest BCUT2D eigenvalue weighted by atomic mass is 9.99. The van der Waals surface area contributed by atoms with Crippen LogP contribution >= 0.6 is 11.3 Å². The van der Waals surface area contributed by atoms with Crippen LogP contribution in [0.1, 0.15) is 29.5 Å². The molecule has 2 aromatic rings. The molecule has 2 aromatic heterocycles. The monoisotopic (exact) mass is 318 g/mol. The topological polar surface area (TPSA) is 68.1 Å². The number of amides is 1. The van der Waals surface area contributed by atoms with Crippen molar-refractivity contribution in [3.8, 4) is 0 Å². The van der Waals surface area contributed by atoms with Crippen LogP contribution in [0.15, 0.2) is 28.5 Å². The molecule has 1 aliphatic rings. The molecule has 116 valence electrons. The maximum absolute atomic E-state index is 12.5. The zero-order valence-electron chi connectivity index (χ0n) is 12.4. The molecule has 6 nitrogen and oxygen atoms in total. The van der Waals surface area contributed by atoms with Crippen molar-refractivity contribution in [2.75, 3.05) is 13.1 Å². The molecular weight excluding hydrogens is 300 g/mol. The molecule has 0 unspecified atom stereocenters. The van der Waals surface area contributed by atoms with Gasteiger partial charge in [0, 0.05) is 36.7 Å². The summed E-state index contributed by atoms with van der Waals surface area (Å²) in [5, 5.41) is 7.17. The van der Waals surface area contributed by atoms with E-state index in [4.69, 9.17) is 0 Å². The summed E-state index contributed by atoms with van der Waals surface area (Å²) in [6, 6.07) is 3.10. The standard InChI is InChI=1S/C15H18N4O2S/c1-11-4-5-13(20)19(17-11)10-14(21)18-7-2-3-12(9-18)15-16-6-8-22-15/h4-6,8,12H,2-3,7,9-10H2,1H3/t12-/m0/s1. The first-order valence-corrected chi connectivity index (χ1v) is 8.23. The van der Waals surface area contributed by atoms with Crippen LogP contribution in [0.4, 0.5) is 0 Å². The number of hydrogen-bond acceptors (Lipinski definition) is 5. The van der Waals surface area contributed by atoms with E-state index in [0.29, 0.717) is 12.5 Å². The van der Waals surface area contributed by atoms with Crippen LogP contribution in [0.5, 0.6) is 0 Å². The van der Waals surface area contributed by atoms with Gasteiger partial charge in [0.05, 0.1) is 10.7 Å². The van der Waals surface area contributed by atoms with Crippen LogP contribution in [-0.4, -0.2) is 38.7 Å². The van der Waals surface area contributed by atoms with Crippen molar-refractivity contribution < 1.29 is 4.79 Å². The van der Waals surface area contributed by atoms with E-state index in [9.17, 15) is 9.59 Å². The van der Waals surface area contributed by atoms with E-state index >= 15 is 0 Å². The van der Waals surface area contributed by atoms with Crippen LogP contribution in [0.2, 0.25) is 0 Å². The molecule has 0 spiro atoms. The number of rotatable bonds is 3. The molecule has 0 aromatic carbocycles. The number of aromatic nitrogens is 3. The highest BCUT2D eigenvalue weighted by atomic mass is 32.1. The average molecular weight is 318 g/mol. The molecule has 1 aliphatic heterocycles. The fourth-order valence-electron chi connectivity index (χ4n) is 2.73. The highest BCUT2D eigenvalue weighted by molar-refractivity contribution is 7.09. The zero-order chi connectivity index (χ0) is 15.5. The van der Waals surface area contributed by atoms with Gasteiger partial charge in [0.25, 0.3) is 5.56 Å². The van der Waals surface area contributed by atoms with E-state index in [0.717, 1.165) is 30.1 Å². The molecule has 0 bridgehead atoms. The zero-order valence-corrected chi connectivity index (χ0v) is 13.3. The number of hydrogen-bond donors (Lipinski definition) is 0. The Kier molecular flexibility index (Phi) is 4.33. The molecule has 0 N–H and O–H groups in total. The molecule has 0 radical (unpaired) electrons. The third-order valence-corrected chi connectivity index (χ3v) is 4.80. The fourth-order valence-corrected chi connectivity index (χ4v) is 3.50. The second kappa shape index (κ2) is 6.39. The van der Waals surface area contributed by atoms with Crippen molar-refractivity contribution in [1.29, 1.82) is 0 Å². The number of nitrogens with zero attached hydrogens (tertiary/aromatic N) is 4. The summed E-state index contributed by atoms with van der Waals surface area (Å²) in [6.07, 6.45) is 3.82. The number of carbonyl (C=O) groups is 1. The van der Waals surface area contributed by atoms with Crippen molar-refractivity contribution in [2.24, 2.45) is 0 Å². The highest BCUT2D eigenvalue weighted by Gasteiger charge is 2.26. The molecule has 1 fully saturated rings. The average Bonchev–Trinajstić information content (AvgIpc) is 3.05. The van der Waals surface area contributed by atoms with Gasteiger partial charge in [-0.2, -0.15) is 5.10 Å². The molecular formula is C15H18N4O2S. The Morgan fingerprint density at radius 2 is 2.32 bits per heavy atom. The Balaban J connectivity index is 1.69. The number of aryl methyl sites for hydroxylation is 1. The van der Waals surface area contributed by atoms with Crippen molar-refractivity contribution >= 4 is 17.2 Å². The molecule has 3 heterocycles. The van der Waals surface area contributed by atoms with E-state index in [2.05, 4.69) is 10.1 Å². The third kappa shape index (κ3) is 3.24. The Labute approximate surface area is 132 Å². The van der Waals surface area contributed by atoms with Gasteiger partial charge in [-0.05, 0) is 25.8 Å². The van der Waals surface area contributed by atoms with Gasteiger partial charge < -0.3 is 4.90 Å². The van der Waals surface area contributed by atoms with Crippen LogP contribution in [0.25, 0.3) is 0 Å². The van der Waals surface area contributed by atoms with E-state index in [1.807, 2.05) is 10.3 Å². The second-order valence-electron chi connectivity index (χ2n) is 5.52. The molecule has 0 aliphatic carbocycles. The van der Waals surface area contributed by atoms with Crippen LogP contribution < -0.4 is 5.56 Å². The van der Waals surface area contributed by atoms with Gasteiger partial charge >= 0.3 is 0 Å². The minimum Gasteiger partial charge on any atom is -0.340 e. The Hall–Kier alpha value is -2.02. The first-order chi connectivity index (χ1) is 10.6. The summed E-state index contributed by atoms with van der Waals surface area (Å²) in [4.78, 5) is 30.4. The summed E-state index contributed by atoms with van der Waals surface area (Å²) < 4.78 is 1.24. The van der Waals surface area contributed by atoms with Gasteiger partial charge in [-0.15, -0.1) is 11.3 Å². The van der Waals surface area contributed by atoms with Gasteiger partial charge in [-0.25, -0.2) is 9.67 Å². The Bertz CT molecular complexity index is 711. The SMILES string of the molecule is Cc1ccc(=O)n(CC(=O)N2CCC[C@H](c3nccs3)C2)n1. The molecule has 7 heteroatoms.